The first-order valence-electron chi connectivity index (χ1n) is 8.11. The van der Waals surface area contributed by atoms with Crippen LogP contribution in [0.3, 0.4) is 0 Å². The predicted octanol–water partition coefficient (Wildman–Crippen LogP) is 3.30. The van der Waals surface area contributed by atoms with Crippen LogP contribution in [0.5, 0.6) is 0 Å². The first-order chi connectivity index (χ1) is 11.4. The largest absolute Gasteiger partial charge is 0.431 e. The highest BCUT2D eigenvalue weighted by atomic mass is 19.4. The summed E-state index contributed by atoms with van der Waals surface area (Å²) in [6.45, 7) is 0.687. The van der Waals surface area contributed by atoms with Crippen LogP contribution < -0.4 is 5.01 Å². The molecular weight excluding hydrogens is 319 g/mol. The van der Waals surface area contributed by atoms with E-state index in [4.69, 9.17) is 0 Å². The number of amides is 1. The van der Waals surface area contributed by atoms with Gasteiger partial charge in [0, 0.05) is 25.4 Å². The number of hydrazone groups is 1. The van der Waals surface area contributed by atoms with Crippen LogP contribution in [-0.4, -0.2) is 42.8 Å². The molecule has 1 saturated heterocycles. The second-order valence-electron chi connectivity index (χ2n) is 6.37. The van der Waals surface area contributed by atoms with Crippen molar-refractivity contribution in [1.82, 2.24) is 4.90 Å². The van der Waals surface area contributed by atoms with Gasteiger partial charge in [0.25, 0.3) is 0 Å². The topological polar surface area (TPSA) is 35.9 Å². The first-order valence-corrected chi connectivity index (χ1v) is 8.11. The van der Waals surface area contributed by atoms with Gasteiger partial charge in [-0.05, 0) is 25.0 Å². The van der Waals surface area contributed by atoms with Crippen molar-refractivity contribution < 1.29 is 18.0 Å². The summed E-state index contributed by atoms with van der Waals surface area (Å²) in [4.78, 5) is 14.1. The van der Waals surface area contributed by atoms with Crippen LogP contribution in [-0.2, 0) is 4.79 Å². The van der Waals surface area contributed by atoms with Gasteiger partial charge < -0.3 is 4.90 Å². The molecule has 1 amide bonds. The number of likely N-dealkylation sites (tertiary alicyclic amines) is 1. The molecule has 0 spiro atoms. The third-order valence-electron chi connectivity index (χ3n) is 4.73. The molecular formula is C17H20F3N3O. The lowest BCUT2D eigenvalue weighted by Gasteiger charge is -2.26. The standard InChI is InChI=1S/C17H20F3N3O/c1-22-10-6-5-9-13(16(22)24)14-11-23(12-7-3-2-4-8-12)21-15(14)17(18,19)20/h2-4,7-8,13-14H,5-6,9-11H2,1H3. The molecule has 1 aromatic rings. The quantitative estimate of drug-likeness (QED) is 0.829. The van der Waals surface area contributed by atoms with E-state index < -0.39 is 23.7 Å². The number of alkyl halides is 3. The van der Waals surface area contributed by atoms with Gasteiger partial charge in [0.05, 0.1) is 12.2 Å². The highest BCUT2D eigenvalue weighted by Gasteiger charge is 2.50. The van der Waals surface area contributed by atoms with Gasteiger partial charge in [0.2, 0.25) is 5.91 Å². The minimum Gasteiger partial charge on any atom is -0.346 e. The fourth-order valence-electron chi connectivity index (χ4n) is 3.47. The Morgan fingerprint density at radius 3 is 2.50 bits per heavy atom. The van der Waals surface area contributed by atoms with E-state index in [9.17, 15) is 18.0 Å². The van der Waals surface area contributed by atoms with Crippen molar-refractivity contribution in [1.29, 1.82) is 0 Å². The second kappa shape index (κ2) is 6.45. The van der Waals surface area contributed by atoms with Crippen molar-refractivity contribution in [2.24, 2.45) is 16.9 Å². The number of carbonyl (C=O) groups excluding carboxylic acids is 1. The van der Waals surface area contributed by atoms with Crippen LogP contribution in [0.1, 0.15) is 19.3 Å². The Hall–Kier alpha value is -2.05. The fraction of sp³-hybridized carbons (Fsp3) is 0.529. The lowest BCUT2D eigenvalue weighted by Crippen LogP contribution is -2.42. The van der Waals surface area contributed by atoms with E-state index >= 15 is 0 Å². The summed E-state index contributed by atoms with van der Waals surface area (Å²) in [6, 6.07) is 8.77. The summed E-state index contributed by atoms with van der Waals surface area (Å²) in [6.07, 6.45) is -2.47. The number of anilines is 1. The summed E-state index contributed by atoms with van der Waals surface area (Å²) < 4.78 is 40.5. The zero-order valence-corrected chi connectivity index (χ0v) is 13.5. The van der Waals surface area contributed by atoms with E-state index in [-0.39, 0.29) is 12.5 Å². The first kappa shape index (κ1) is 16.8. The lowest BCUT2D eigenvalue weighted by molar-refractivity contribution is -0.134. The molecule has 2 atom stereocenters. The molecule has 3 rings (SSSR count). The van der Waals surface area contributed by atoms with Crippen molar-refractivity contribution in [3.63, 3.8) is 0 Å². The Bertz CT molecular complexity index is 630. The Labute approximate surface area is 138 Å². The van der Waals surface area contributed by atoms with Gasteiger partial charge in [0.1, 0.15) is 5.71 Å². The minimum atomic E-state index is -4.53. The van der Waals surface area contributed by atoms with Crippen LogP contribution in [0.25, 0.3) is 0 Å². The SMILES string of the molecule is CN1CCCCC(C2CN(c3ccccc3)N=C2C(F)(F)F)C1=O. The molecule has 0 aliphatic carbocycles. The van der Waals surface area contributed by atoms with Gasteiger partial charge >= 0.3 is 6.18 Å². The van der Waals surface area contributed by atoms with E-state index in [1.165, 1.54) is 5.01 Å². The molecule has 2 aliphatic rings. The summed E-state index contributed by atoms with van der Waals surface area (Å²) in [7, 11) is 1.66. The predicted molar refractivity (Wildman–Crippen MR) is 85.7 cm³/mol. The van der Waals surface area contributed by atoms with Crippen LogP contribution >= 0.6 is 0 Å². The molecule has 1 aromatic carbocycles. The molecule has 2 unspecified atom stereocenters. The molecule has 7 heteroatoms. The third kappa shape index (κ3) is 3.25. The zero-order chi connectivity index (χ0) is 17.3. The maximum absolute atomic E-state index is 13.5. The smallest absolute Gasteiger partial charge is 0.346 e. The fourth-order valence-corrected chi connectivity index (χ4v) is 3.47. The monoisotopic (exact) mass is 339 g/mol. The average Bonchev–Trinajstić information content (AvgIpc) is 2.93. The second-order valence-corrected chi connectivity index (χ2v) is 6.37. The number of benzene rings is 1. The molecule has 0 aromatic heterocycles. The van der Waals surface area contributed by atoms with Crippen molar-refractivity contribution in [2.45, 2.75) is 25.4 Å². The van der Waals surface area contributed by atoms with Crippen molar-refractivity contribution in [3.05, 3.63) is 30.3 Å². The molecule has 1 fully saturated rings. The number of halogens is 3. The van der Waals surface area contributed by atoms with Gasteiger partial charge in [-0.3, -0.25) is 9.80 Å². The lowest BCUT2D eigenvalue weighted by atomic mass is 9.84. The number of nitrogens with zero attached hydrogens (tertiary/aromatic N) is 3. The van der Waals surface area contributed by atoms with Crippen LogP contribution in [0, 0.1) is 11.8 Å². The zero-order valence-electron chi connectivity index (χ0n) is 13.5. The van der Waals surface area contributed by atoms with Crippen molar-refractivity contribution >= 4 is 17.3 Å². The molecule has 0 N–H and O–H groups in total. The van der Waals surface area contributed by atoms with E-state index in [2.05, 4.69) is 5.10 Å². The molecule has 24 heavy (non-hydrogen) atoms. The third-order valence-corrected chi connectivity index (χ3v) is 4.73. The van der Waals surface area contributed by atoms with Gasteiger partial charge in [-0.2, -0.15) is 18.3 Å². The summed E-state index contributed by atoms with van der Waals surface area (Å²) in [5, 5.41) is 5.20. The van der Waals surface area contributed by atoms with Crippen LogP contribution in [0.2, 0.25) is 0 Å². The Kier molecular flexibility index (Phi) is 4.51. The maximum Gasteiger partial charge on any atom is 0.431 e. The minimum absolute atomic E-state index is 0.0864. The van der Waals surface area contributed by atoms with Crippen molar-refractivity contribution in [3.8, 4) is 0 Å². The Morgan fingerprint density at radius 1 is 1.12 bits per heavy atom. The normalized spacial score (nSPS) is 25.7. The van der Waals surface area contributed by atoms with Gasteiger partial charge in [-0.1, -0.05) is 24.6 Å². The van der Waals surface area contributed by atoms with E-state index in [1.807, 2.05) is 0 Å². The average molecular weight is 339 g/mol. The van der Waals surface area contributed by atoms with Crippen molar-refractivity contribution in [2.75, 3.05) is 25.1 Å². The van der Waals surface area contributed by atoms with Crippen LogP contribution in [0.15, 0.2) is 35.4 Å². The number of carbonyl (C=O) groups is 1. The highest BCUT2D eigenvalue weighted by Crippen LogP contribution is 2.37. The number of hydrogen-bond donors (Lipinski definition) is 0. The Morgan fingerprint density at radius 2 is 1.83 bits per heavy atom. The Balaban J connectivity index is 1.92. The van der Waals surface area contributed by atoms with Gasteiger partial charge in [-0.15, -0.1) is 0 Å². The maximum atomic E-state index is 13.5. The molecule has 0 bridgehead atoms. The summed E-state index contributed by atoms with van der Waals surface area (Å²) >= 11 is 0. The van der Waals surface area contributed by atoms with Crippen LogP contribution in [0.4, 0.5) is 18.9 Å². The van der Waals surface area contributed by atoms with Gasteiger partial charge in [0.15, 0.2) is 0 Å². The molecule has 2 aliphatic heterocycles. The molecule has 2 heterocycles. The molecule has 0 radical (unpaired) electrons. The van der Waals surface area contributed by atoms with E-state index in [0.717, 1.165) is 12.8 Å². The summed E-state index contributed by atoms with van der Waals surface area (Å²) in [5.41, 5.74) is -0.226. The summed E-state index contributed by atoms with van der Waals surface area (Å²) in [5.74, 6) is -1.78. The molecule has 0 saturated carbocycles. The van der Waals surface area contributed by atoms with E-state index in [0.29, 0.717) is 18.7 Å². The number of rotatable bonds is 2. The van der Waals surface area contributed by atoms with Gasteiger partial charge in [-0.25, -0.2) is 0 Å². The molecule has 4 nitrogen and oxygen atoms in total. The number of hydrogen-bond acceptors (Lipinski definition) is 3. The number of para-hydroxylation sites is 1. The van der Waals surface area contributed by atoms with E-state index in [1.54, 1.807) is 42.3 Å². The molecule has 130 valence electrons. The highest BCUT2D eigenvalue weighted by molar-refractivity contribution is 5.98.